The van der Waals surface area contributed by atoms with Gasteiger partial charge in [-0.05, 0) is 24.3 Å². The molecule has 1 fully saturated rings. The number of imide groups is 1. The molecule has 1 aromatic rings. The Morgan fingerprint density at radius 2 is 2.06 bits per heavy atom. The van der Waals surface area contributed by atoms with E-state index in [4.69, 9.17) is 18.0 Å². The Labute approximate surface area is 110 Å². The predicted molar refractivity (Wildman–Crippen MR) is 69.2 cm³/mol. The molecule has 92 valence electrons. The van der Waals surface area contributed by atoms with E-state index in [2.05, 4.69) is 11.2 Å². The molecular weight excluding hydrogens is 252 g/mol. The van der Waals surface area contributed by atoms with Crippen LogP contribution in [-0.4, -0.2) is 24.4 Å². The molecule has 0 bridgehead atoms. The van der Waals surface area contributed by atoms with Gasteiger partial charge in [0.25, 0.3) is 5.91 Å². The molecule has 5 heteroatoms. The Hall–Kier alpha value is -1.83. The molecule has 1 N–H and O–H groups in total. The van der Waals surface area contributed by atoms with Crippen molar-refractivity contribution in [2.45, 2.75) is 12.5 Å². The first-order chi connectivity index (χ1) is 8.63. The summed E-state index contributed by atoms with van der Waals surface area (Å²) in [4.78, 5) is 25.0. The lowest BCUT2D eigenvalue weighted by Crippen LogP contribution is -2.38. The summed E-state index contributed by atoms with van der Waals surface area (Å²) in [6.45, 7) is 0.262. The Morgan fingerprint density at radius 3 is 2.67 bits per heavy atom. The van der Waals surface area contributed by atoms with Crippen LogP contribution in [0.3, 0.4) is 0 Å². The van der Waals surface area contributed by atoms with Gasteiger partial charge in [-0.1, -0.05) is 17.5 Å². The van der Waals surface area contributed by atoms with Gasteiger partial charge < -0.3 is 0 Å². The van der Waals surface area contributed by atoms with Crippen molar-refractivity contribution in [3.8, 4) is 12.3 Å². The van der Waals surface area contributed by atoms with Crippen LogP contribution in [0, 0.1) is 12.3 Å². The van der Waals surface area contributed by atoms with E-state index in [0.717, 1.165) is 4.90 Å². The van der Waals surface area contributed by atoms with E-state index in [1.807, 2.05) is 0 Å². The average molecular weight is 263 g/mol. The highest BCUT2D eigenvalue weighted by molar-refractivity contribution is 6.30. The zero-order valence-corrected chi connectivity index (χ0v) is 10.3. The number of carbonyl (C=O) groups excluding carboxylic acids is 2. The van der Waals surface area contributed by atoms with Gasteiger partial charge in [-0.3, -0.25) is 14.9 Å². The molecule has 1 aliphatic rings. The van der Waals surface area contributed by atoms with Gasteiger partial charge in [0.05, 0.1) is 24.7 Å². The second kappa shape index (κ2) is 5.21. The molecule has 1 unspecified atom stereocenters. The van der Waals surface area contributed by atoms with Gasteiger partial charge >= 0.3 is 0 Å². The predicted octanol–water partition coefficient (Wildman–Crippen LogP) is 1.19. The van der Waals surface area contributed by atoms with Gasteiger partial charge in [0.15, 0.2) is 0 Å². The number of hydrogen-bond donors (Lipinski definition) is 1. The highest BCUT2D eigenvalue weighted by atomic mass is 35.5. The Balaban J connectivity index is 2.19. The van der Waals surface area contributed by atoms with E-state index < -0.39 is 6.04 Å². The Bertz CT molecular complexity index is 519. The number of nitrogens with one attached hydrogen (secondary N) is 1. The lowest BCUT2D eigenvalue weighted by Gasteiger charge is -2.15. The average Bonchev–Trinajstić information content (AvgIpc) is 2.63. The number of rotatable bonds is 3. The summed E-state index contributed by atoms with van der Waals surface area (Å²) in [5.74, 6) is 1.86. The second-order valence-corrected chi connectivity index (χ2v) is 4.32. The van der Waals surface area contributed by atoms with Gasteiger partial charge in [-0.2, -0.15) is 0 Å². The largest absolute Gasteiger partial charge is 0.295 e. The maximum Gasteiger partial charge on any atom is 0.251 e. The molecule has 1 heterocycles. The molecule has 0 aliphatic carbocycles. The standard InChI is InChI=1S/C13H11ClN2O2/c1-2-7-15-11-8-12(17)16(13(11)18)10-5-3-9(14)4-6-10/h1,3-6,11,15H,7-8H2. The molecule has 18 heavy (non-hydrogen) atoms. The number of amides is 2. The van der Waals surface area contributed by atoms with Crippen molar-refractivity contribution in [2.75, 3.05) is 11.4 Å². The Kier molecular flexibility index (Phi) is 3.66. The number of halogens is 1. The lowest BCUT2D eigenvalue weighted by molar-refractivity contribution is -0.121. The minimum absolute atomic E-state index is 0.128. The molecule has 0 spiro atoms. The first-order valence-corrected chi connectivity index (χ1v) is 5.80. The van der Waals surface area contributed by atoms with Crippen molar-refractivity contribution in [1.82, 2.24) is 5.32 Å². The molecule has 4 nitrogen and oxygen atoms in total. The van der Waals surface area contributed by atoms with E-state index in [1.165, 1.54) is 0 Å². The monoisotopic (exact) mass is 262 g/mol. The fourth-order valence-electron chi connectivity index (χ4n) is 1.83. The summed E-state index contributed by atoms with van der Waals surface area (Å²) in [7, 11) is 0. The number of hydrogen-bond acceptors (Lipinski definition) is 3. The van der Waals surface area contributed by atoms with E-state index in [1.54, 1.807) is 24.3 Å². The van der Waals surface area contributed by atoms with Crippen LogP contribution in [0.5, 0.6) is 0 Å². The van der Waals surface area contributed by atoms with Gasteiger partial charge in [0, 0.05) is 5.02 Å². The van der Waals surface area contributed by atoms with E-state index >= 15 is 0 Å². The van der Waals surface area contributed by atoms with Crippen molar-refractivity contribution < 1.29 is 9.59 Å². The van der Waals surface area contributed by atoms with Crippen molar-refractivity contribution in [1.29, 1.82) is 0 Å². The molecule has 0 radical (unpaired) electrons. The van der Waals surface area contributed by atoms with Crippen LogP contribution in [0.4, 0.5) is 5.69 Å². The van der Waals surface area contributed by atoms with Crippen LogP contribution in [0.2, 0.25) is 5.02 Å². The third-order valence-corrected chi connectivity index (χ3v) is 2.93. The molecular formula is C13H11ClN2O2. The summed E-state index contributed by atoms with van der Waals surface area (Å²) in [5, 5.41) is 3.40. The molecule has 2 amide bonds. The van der Waals surface area contributed by atoms with E-state index in [0.29, 0.717) is 10.7 Å². The lowest BCUT2D eigenvalue weighted by atomic mass is 10.2. The number of terminal acetylenes is 1. The quantitative estimate of drug-likeness (QED) is 0.658. The highest BCUT2D eigenvalue weighted by Crippen LogP contribution is 2.24. The van der Waals surface area contributed by atoms with Gasteiger partial charge in [0.1, 0.15) is 0 Å². The molecule has 2 rings (SSSR count). The summed E-state index contributed by atoms with van der Waals surface area (Å²) in [5.41, 5.74) is 0.527. The number of anilines is 1. The third-order valence-electron chi connectivity index (χ3n) is 2.68. The molecule has 1 saturated heterocycles. The Morgan fingerprint density at radius 1 is 1.39 bits per heavy atom. The minimum atomic E-state index is -0.538. The minimum Gasteiger partial charge on any atom is -0.295 e. The van der Waals surface area contributed by atoms with Crippen LogP contribution in [0.15, 0.2) is 24.3 Å². The van der Waals surface area contributed by atoms with Crippen molar-refractivity contribution >= 4 is 29.1 Å². The van der Waals surface area contributed by atoms with E-state index in [9.17, 15) is 9.59 Å². The third kappa shape index (κ3) is 2.37. The smallest absolute Gasteiger partial charge is 0.251 e. The molecule has 1 aromatic carbocycles. The highest BCUT2D eigenvalue weighted by Gasteiger charge is 2.38. The van der Waals surface area contributed by atoms with Crippen LogP contribution in [0.25, 0.3) is 0 Å². The molecule has 0 saturated carbocycles. The van der Waals surface area contributed by atoms with Crippen molar-refractivity contribution in [3.05, 3.63) is 29.3 Å². The first kappa shape index (κ1) is 12.6. The molecule has 1 aliphatic heterocycles. The van der Waals surface area contributed by atoms with Crippen LogP contribution >= 0.6 is 11.6 Å². The summed E-state index contributed by atoms with van der Waals surface area (Å²) < 4.78 is 0. The van der Waals surface area contributed by atoms with Crippen LogP contribution in [0.1, 0.15) is 6.42 Å². The number of nitrogens with zero attached hydrogens (tertiary/aromatic N) is 1. The fourth-order valence-corrected chi connectivity index (χ4v) is 1.96. The second-order valence-electron chi connectivity index (χ2n) is 3.89. The maximum atomic E-state index is 12.0. The van der Waals surface area contributed by atoms with Gasteiger partial charge in [-0.25, -0.2) is 4.90 Å². The van der Waals surface area contributed by atoms with E-state index in [-0.39, 0.29) is 24.8 Å². The van der Waals surface area contributed by atoms with Gasteiger partial charge in [-0.15, -0.1) is 6.42 Å². The fraction of sp³-hybridized carbons (Fsp3) is 0.231. The zero-order valence-electron chi connectivity index (χ0n) is 9.52. The topological polar surface area (TPSA) is 49.4 Å². The van der Waals surface area contributed by atoms with Crippen molar-refractivity contribution in [3.63, 3.8) is 0 Å². The number of benzene rings is 1. The van der Waals surface area contributed by atoms with Crippen LogP contribution in [-0.2, 0) is 9.59 Å². The summed E-state index contributed by atoms with van der Waals surface area (Å²) >= 11 is 5.77. The first-order valence-electron chi connectivity index (χ1n) is 5.42. The van der Waals surface area contributed by atoms with Crippen molar-refractivity contribution in [2.24, 2.45) is 0 Å². The summed E-state index contributed by atoms with van der Waals surface area (Å²) in [6.07, 6.45) is 5.24. The summed E-state index contributed by atoms with van der Waals surface area (Å²) in [6, 6.07) is 6.02. The number of carbonyl (C=O) groups is 2. The SMILES string of the molecule is C#CCNC1CC(=O)N(c2ccc(Cl)cc2)C1=O. The molecule has 0 aromatic heterocycles. The van der Waals surface area contributed by atoms with Crippen LogP contribution < -0.4 is 10.2 Å². The zero-order chi connectivity index (χ0) is 13.1. The molecule has 1 atom stereocenters. The normalized spacial score (nSPS) is 19.1. The maximum absolute atomic E-state index is 12.0. The van der Waals surface area contributed by atoms with Gasteiger partial charge in [0.2, 0.25) is 5.91 Å².